The Morgan fingerprint density at radius 1 is 0.400 bits per heavy atom. The zero-order valence-corrected chi connectivity index (χ0v) is 34.8. The summed E-state index contributed by atoms with van der Waals surface area (Å²) in [5, 5.41) is 0. The second-order valence-corrected chi connectivity index (χ2v) is 18.4. The summed E-state index contributed by atoms with van der Waals surface area (Å²) in [5.41, 5.74) is 23.9. The van der Waals surface area contributed by atoms with Gasteiger partial charge in [-0.05, 0) is 128 Å². The molecule has 1 unspecified atom stereocenters. The van der Waals surface area contributed by atoms with Gasteiger partial charge < -0.3 is 4.90 Å². The van der Waals surface area contributed by atoms with Gasteiger partial charge in [-0.3, -0.25) is 0 Å². The summed E-state index contributed by atoms with van der Waals surface area (Å²) in [6.07, 6.45) is 6.28. The summed E-state index contributed by atoms with van der Waals surface area (Å²) in [4.78, 5) is 2.57. The van der Waals surface area contributed by atoms with E-state index in [1.807, 2.05) is 0 Å². The van der Waals surface area contributed by atoms with Gasteiger partial charge in [-0.2, -0.15) is 0 Å². The fraction of sp³-hybridized carbons (Fsp3) is 0.186. The van der Waals surface area contributed by atoms with Gasteiger partial charge in [-0.25, -0.2) is 0 Å². The topological polar surface area (TPSA) is 3.24 Å². The maximum Gasteiger partial charge on any atom is 0.0543 e. The third-order valence-corrected chi connectivity index (χ3v) is 15.1. The number of nitrogens with zero attached hydrogens (tertiary/aromatic N) is 1. The van der Waals surface area contributed by atoms with Crippen LogP contribution in [0.4, 0.5) is 17.1 Å². The third-order valence-electron chi connectivity index (χ3n) is 15.1. The van der Waals surface area contributed by atoms with Crippen LogP contribution in [0, 0.1) is 0 Å². The molecule has 1 heteroatoms. The average molecular weight is 772 g/mol. The molecule has 0 amide bonds. The number of hydrogen-bond acceptors (Lipinski definition) is 1. The summed E-state index contributed by atoms with van der Waals surface area (Å²) in [6.45, 7) is 7.20. The lowest BCUT2D eigenvalue weighted by molar-refractivity contribution is 0.353. The van der Waals surface area contributed by atoms with Gasteiger partial charge >= 0.3 is 0 Å². The van der Waals surface area contributed by atoms with Gasteiger partial charge in [0.25, 0.3) is 0 Å². The Morgan fingerprint density at radius 3 is 1.73 bits per heavy atom. The molecule has 60 heavy (non-hydrogen) atoms. The first-order valence-corrected chi connectivity index (χ1v) is 22.1. The third kappa shape index (κ3) is 4.81. The highest BCUT2D eigenvalue weighted by atomic mass is 15.1. The van der Waals surface area contributed by atoms with Crippen molar-refractivity contribution >= 4 is 17.1 Å². The van der Waals surface area contributed by atoms with Gasteiger partial charge in [0.15, 0.2) is 0 Å². The Kier molecular flexibility index (Phi) is 7.71. The maximum atomic E-state index is 2.58. The van der Waals surface area contributed by atoms with Crippen LogP contribution in [0.15, 0.2) is 182 Å². The van der Waals surface area contributed by atoms with Gasteiger partial charge in [-0.1, -0.05) is 185 Å². The molecule has 1 saturated carbocycles. The van der Waals surface area contributed by atoms with Crippen molar-refractivity contribution in [3.8, 4) is 44.5 Å². The highest BCUT2D eigenvalue weighted by Gasteiger charge is 2.45. The smallest absolute Gasteiger partial charge is 0.0543 e. The number of hydrogen-bond donors (Lipinski definition) is 0. The molecule has 0 aliphatic heterocycles. The summed E-state index contributed by atoms with van der Waals surface area (Å²) in [5.74, 6) is 0. The average Bonchev–Trinajstić information content (AvgIpc) is 3.83. The fourth-order valence-corrected chi connectivity index (χ4v) is 12.4. The Morgan fingerprint density at radius 2 is 0.967 bits per heavy atom. The van der Waals surface area contributed by atoms with Gasteiger partial charge in [0.05, 0.1) is 5.69 Å². The van der Waals surface area contributed by atoms with E-state index in [2.05, 4.69) is 208 Å². The van der Waals surface area contributed by atoms with Crippen molar-refractivity contribution in [2.24, 2.45) is 0 Å². The standard InChI is InChI=1S/C59H49N/c1-57(2)49-25-11-8-21-45(49)47-24-16-23-43(56(47)57)39-30-32-41(33-31-39)60(42-34-35-46-44-20-9-13-27-51(44)59(53(46)38-42)36-14-5-15-37-59)54-29-17-28-52-55(54)48-22-10-12-26-50(48)58(52,3)40-18-6-4-7-19-40/h4,6-13,16-35,38H,5,14-15,36-37H2,1-3H3. The van der Waals surface area contributed by atoms with Gasteiger partial charge in [-0.15, -0.1) is 0 Å². The molecule has 290 valence electrons. The van der Waals surface area contributed by atoms with Gasteiger partial charge in [0.2, 0.25) is 0 Å². The predicted octanol–water partition coefficient (Wildman–Crippen LogP) is 15.7. The van der Waals surface area contributed by atoms with Crippen molar-refractivity contribution in [1.29, 1.82) is 0 Å². The first kappa shape index (κ1) is 35.5. The van der Waals surface area contributed by atoms with E-state index in [9.17, 15) is 0 Å². The Labute approximate surface area is 355 Å². The number of anilines is 3. The minimum atomic E-state index is -0.289. The lowest BCUT2D eigenvalue weighted by Gasteiger charge is -2.37. The summed E-state index contributed by atoms with van der Waals surface area (Å²) < 4.78 is 0. The van der Waals surface area contributed by atoms with Crippen LogP contribution in [0.3, 0.4) is 0 Å². The van der Waals surface area contributed by atoms with Crippen molar-refractivity contribution in [1.82, 2.24) is 0 Å². The van der Waals surface area contributed by atoms with Crippen LogP contribution in [0.25, 0.3) is 44.5 Å². The van der Waals surface area contributed by atoms with E-state index in [1.165, 1.54) is 133 Å². The van der Waals surface area contributed by atoms with E-state index in [1.54, 1.807) is 0 Å². The molecule has 12 rings (SSSR count). The molecule has 1 spiro atoms. The first-order valence-electron chi connectivity index (χ1n) is 22.1. The monoisotopic (exact) mass is 771 g/mol. The first-order chi connectivity index (χ1) is 29.4. The lowest BCUT2D eigenvalue weighted by atomic mass is 9.68. The van der Waals surface area contributed by atoms with Crippen LogP contribution in [0.5, 0.6) is 0 Å². The van der Waals surface area contributed by atoms with Crippen molar-refractivity contribution < 1.29 is 0 Å². The Bertz CT molecular complexity index is 3000. The Balaban J connectivity index is 1.07. The van der Waals surface area contributed by atoms with Crippen LogP contribution in [-0.4, -0.2) is 0 Å². The van der Waals surface area contributed by atoms with Crippen molar-refractivity contribution in [2.75, 3.05) is 4.90 Å². The zero-order chi connectivity index (χ0) is 40.2. The zero-order valence-electron chi connectivity index (χ0n) is 34.8. The second-order valence-electron chi connectivity index (χ2n) is 18.4. The second kappa shape index (κ2) is 13.0. The van der Waals surface area contributed by atoms with Crippen LogP contribution in [0.1, 0.15) is 91.8 Å². The number of rotatable bonds is 5. The molecule has 4 aliphatic carbocycles. The molecule has 4 aliphatic rings. The van der Waals surface area contributed by atoms with Crippen molar-refractivity contribution in [3.05, 3.63) is 221 Å². The molecule has 0 aromatic heterocycles. The maximum absolute atomic E-state index is 2.58. The fourth-order valence-electron chi connectivity index (χ4n) is 12.4. The minimum absolute atomic E-state index is 0.0604. The molecule has 0 radical (unpaired) electrons. The summed E-state index contributed by atoms with van der Waals surface area (Å²) in [6, 6.07) is 69.3. The van der Waals surface area contributed by atoms with Gasteiger partial charge in [0.1, 0.15) is 0 Å². The molecule has 8 aromatic rings. The molecule has 1 fully saturated rings. The molecular formula is C59H49N. The van der Waals surface area contributed by atoms with E-state index < -0.39 is 0 Å². The molecule has 0 bridgehead atoms. The molecule has 0 N–H and O–H groups in total. The van der Waals surface area contributed by atoms with Crippen LogP contribution < -0.4 is 4.90 Å². The summed E-state index contributed by atoms with van der Waals surface area (Å²) >= 11 is 0. The molecule has 8 aromatic carbocycles. The SMILES string of the molecule is CC1(C)c2ccccc2-c2cccc(-c3ccc(N(c4ccc5c(c4)C4(CCCCC4)c4ccccc4-5)c4cccc5c4-c4ccccc4C5(C)c4ccccc4)cc3)c21. The number of fused-ring (bicyclic) bond motifs is 11. The lowest BCUT2D eigenvalue weighted by Crippen LogP contribution is -2.28. The van der Waals surface area contributed by atoms with E-state index in [4.69, 9.17) is 0 Å². The highest BCUT2D eigenvalue weighted by molar-refractivity contribution is 5.97. The molecular weight excluding hydrogens is 723 g/mol. The van der Waals surface area contributed by atoms with Crippen LogP contribution >= 0.6 is 0 Å². The molecule has 0 saturated heterocycles. The quantitative estimate of drug-likeness (QED) is 0.168. The molecule has 0 heterocycles. The van der Waals surface area contributed by atoms with Crippen molar-refractivity contribution in [2.45, 2.75) is 69.1 Å². The predicted molar refractivity (Wildman–Crippen MR) is 251 cm³/mol. The van der Waals surface area contributed by atoms with Crippen LogP contribution in [0.2, 0.25) is 0 Å². The summed E-state index contributed by atoms with van der Waals surface area (Å²) in [7, 11) is 0. The van der Waals surface area contributed by atoms with E-state index in [0.717, 1.165) is 0 Å². The van der Waals surface area contributed by atoms with E-state index >= 15 is 0 Å². The van der Waals surface area contributed by atoms with Crippen LogP contribution in [-0.2, 0) is 16.2 Å². The largest absolute Gasteiger partial charge is 0.310 e. The van der Waals surface area contributed by atoms with Gasteiger partial charge in [0, 0.05) is 33.2 Å². The Hall–Kier alpha value is -6.44. The van der Waals surface area contributed by atoms with E-state index in [-0.39, 0.29) is 16.2 Å². The molecule has 1 nitrogen and oxygen atoms in total. The normalized spacial score (nSPS) is 18.2. The van der Waals surface area contributed by atoms with E-state index in [0.29, 0.717) is 0 Å². The minimum Gasteiger partial charge on any atom is -0.310 e. The highest BCUT2D eigenvalue weighted by Crippen LogP contribution is 2.60. The number of benzene rings is 8. The molecule has 1 atom stereocenters. The van der Waals surface area contributed by atoms with Crippen molar-refractivity contribution in [3.63, 3.8) is 0 Å².